The van der Waals surface area contributed by atoms with Gasteiger partial charge in [0.05, 0.1) is 12.7 Å². The van der Waals surface area contributed by atoms with Gasteiger partial charge in [-0.25, -0.2) is 0 Å². The number of nitrogens with one attached hydrogen (secondary N) is 1. The van der Waals surface area contributed by atoms with Gasteiger partial charge < -0.3 is 15.2 Å². The molecular weight excluding hydrogens is 238 g/mol. The van der Waals surface area contributed by atoms with Gasteiger partial charge in [-0.1, -0.05) is 32.9 Å². The fourth-order valence-corrected chi connectivity index (χ4v) is 1.69. The van der Waals surface area contributed by atoms with Crippen molar-refractivity contribution < 1.29 is 9.84 Å². The normalized spacial score (nSPS) is 14.4. The van der Waals surface area contributed by atoms with Crippen LogP contribution in [0.2, 0.25) is 0 Å². The maximum absolute atomic E-state index is 9.54. The molecule has 2 N–H and O–H groups in total. The number of aliphatic hydroxyl groups is 1. The molecular formula is C16H27NO2. The molecule has 1 aromatic rings. The van der Waals surface area contributed by atoms with Crippen LogP contribution < -0.4 is 10.1 Å². The lowest BCUT2D eigenvalue weighted by molar-refractivity contribution is 0.164. The first-order chi connectivity index (χ1) is 9.02. The lowest BCUT2D eigenvalue weighted by atomic mass is 10.1. The Morgan fingerprint density at radius 3 is 2.32 bits per heavy atom. The van der Waals surface area contributed by atoms with E-state index in [0.29, 0.717) is 12.5 Å². The molecule has 1 rings (SSSR count). The Hall–Kier alpha value is -1.06. The standard InChI is InChI=1S/C16H27NO2/c1-5-15(18)10-17-13(4)14-6-8-16(9-7-14)19-11-12(2)3/h6-9,12-13,15,17-18H,5,10-11H2,1-4H3. The Morgan fingerprint density at radius 1 is 1.16 bits per heavy atom. The summed E-state index contributed by atoms with van der Waals surface area (Å²) in [6.45, 7) is 9.74. The summed E-state index contributed by atoms with van der Waals surface area (Å²) >= 11 is 0. The highest BCUT2D eigenvalue weighted by Crippen LogP contribution is 2.18. The smallest absolute Gasteiger partial charge is 0.119 e. The molecule has 0 aromatic heterocycles. The van der Waals surface area contributed by atoms with Crippen LogP contribution in [0.3, 0.4) is 0 Å². The van der Waals surface area contributed by atoms with Crippen LogP contribution in [-0.2, 0) is 0 Å². The molecule has 0 spiro atoms. The van der Waals surface area contributed by atoms with Gasteiger partial charge in [-0.3, -0.25) is 0 Å². The topological polar surface area (TPSA) is 41.5 Å². The van der Waals surface area contributed by atoms with Gasteiger partial charge in [0, 0.05) is 12.6 Å². The highest BCUT2D eigenvalue weighted by atomic mass is 16.5. The van der Waals surface area contributed by atoms with Crippen LogP contribution in [0.25, 0.3) is 0 Å². The summed E-state index contributed by atoms with van der Waals surface area (Å²) in [5.74, 6) is 1.45. The highest BCUT2D eigenvalue weighted by Gasteiger charge is 2.07. The van der Waals surface area contributed by atoms with E-state index in [9.17, 15) is 5.11 Å². The van der Waals surface area contributed by atoms with Crippen molar-refractivity contribution in [3.8, 4) is 5.75 Å². The largest absolute Gasteiger partial charge is 0.493 e. The number of benzene rings is 1. The Morgan fingerprint density at radius 2 is 1.79 bits per heavy atom. The van der Waals surface area contributed by atoms with E-state index >= 15 is 0 Å². The summed E-state index contributed by atoms with van der Waals surface area (Å²) in [6, 6.07) is 8.40. The summed E-state index contributed by atoms with van der Waals surface area (Å²) in [6.07, 6.45) is 0.512. The molecule has 19 heavy (non-hydrogen) atoms. The molecule has 0 aliphatic rings. The van der Waals surface area contributed by atoms with Crippen molar-refractivity contribution in [1.82, 2.24) is 5.32 Å². The number of hydrogen-bond acceptors (Lipinski definition) is 3. The van der Waals surface area contributed by atoms with Crippen molar-refractivity contribution in [2.45, 2.75) is 46.3 Å². The summed E-state index contributed by atoms with van der Waals surface area (Å²) in [4.78, 5) is 0. The van der Waals surface area contributed by atoms with Crippen LogP contribution in [0.15, 0.2) is 24.3 Å². The molecule has 0 fully saturated rings. The Labute approximate surface area is 117 Å². The monoisotopic (exact) mass is 265 g/mol. The molecule has 2 atom stereocenters. The molecule has 2 unspecified atom stereocenters. The first-order valence-electron chi connectivity index (χ1n) is 7.17. The van der Waals surface area contributed by atoms with E-state index in [1.807, 2.05) is 19.1 Å². The van der Waals surface area contributed by atoms with Crippen LogP contribution in [-0.4, -0.2) is 24.4 Å². The molecule has 0 aliphatic carbocycles. The third-order valence-corrected chi connectivity index (χ3v) is 3.09. The molecule has 0 saturated heterocycles. The van der Waals surface area contributed by atoms with Gasteiger partial charge in [0.15, 0.2) is 0 Å². The van der Waals surface area contributed by atoms with Gasteiger partial charge in [0.1, 0.15) is 5.75 Å². The van der Waals surface area contributed by atoms with E-state index in [0.717, 1.165) is 18.8 Å². The van der Waals surface area contributed by atoms with E-state index < -0.39 is 0 Å². The summed E-state index contributed by atoms with van der Waals surface area (Å²) in [5.41, 5.74) is 1.21. The molecule has 1 aromatic carbocycles. The molecule has 108 valence electrons. The van der Waals surface area contributed by atoms with Gasteiger partial charge in [-0.05, 0) is 37.0 Å². The molecule has 3 heteroatoms. The summed E-state index contributed by atoms with van der Waals surface area (Å²) in [7, 11) is 0. The third-order valence-electron chi connectivity index (χ3n) is 3.09. The fraction of sp³-hybridized carbons (Fsp3) is 0.625. The van der Waals surface area contributed by atoms with E-state index in [2.05, 4.69) is 38.2 Å². The number of aliphatic hydroxyl groups excluding tert-OH is 1. The van der Waals surface area contributed by atoms with Crippen LogP contribution in [0, 0.1) is 5.92 Å². The minimum Gasteiger partial charge on any atom is -0.493 e. The molecule has 0 amide bonds. The summed E-state index contributed by atoms with van der Waals surface area (Å²) in [5, 5.41) is 12.9. The van der Waals surface area contributed by atoms with Crippen LogP contribution >= 0.6 is 0 Å². The van der Waals surface area contributed by atoms with Gasteiger partial charge in [-0.2, -0.15) is 0 Å². The minimum atomic E-state index is -0.268. The molecule has 0 radical (unpaired) electrons. The van der Waals surface area contributed by atoms with Crippen molar-refractivity contribution in [2.24, 2.45) is 5.92 Å². The van der Waals surface area contributed by atoms with Crippen molar-refractivity contribution in [3.05, 3.63) is 29.8 Å². The zero-order chi connectivity index (χ0) is 14.3. The van der Waals surface area contributed by atoms with Crippen molar-refractivity contribution in [1.29, 1.82) is 0 Å². The average molecular weight is 265 g/mol. The summed E-state index contributed by atoms with van der Waals surface area (Å²) < 4.78 is 5.66. The molecule has 0 bridgehead atoms. The second-order valence-corrected chi connectivity index (χ2v) is 5.47. The van der Waals surface area contributed by atoms with Crippen LogP contribution in [0.1, 0.15) is 45.7 Å². The van der Waals surface area contributed by atoms with E-state index in [-0.39, 0.29) is 12.1 Å². The average Bonchev–Trinajstić information content (AvgIpc) is 2.42. The van der Waals surface area contributed by atoms with Crippen molar-refractivity contribution >= 4 is 0 Å². The lowest BCUT2D eigenvalue weighted by Gasteiger charge is -2.17. The Bertz CT molecular complexity index is 348. The fourth-order valence-electron chi connectivity index (χ4n) is 1.69. The highest BCUT2D eigenvalue weighted by molar-refractivity contribution is 5.28. The van der Waals surface area contributed by atoms with E-state index in [1.165, 1.54) is 5.56 Å². The second kappa shape index (κ2) is 8.18. The Balaban J connectivity index is 2.46. The number of rotatable bonds is 8. The van der Waals surface area contributed by atoms with E-state index in [1.54, 1.807) is 0 Å². The Kier molecular flexibility index (Phi) is 6.89. The van der Waals surface area contributed by atoms with Crippen LogP contribution in [0.4, 0.5) is 0 Å². The third kappa shape index (κ3) is 6.08. The van der Waals surface area contributed by atoms with Gasteiger partial charge in [0.2, 0.25) is 0 Å². The van der Waals surface area contributed by atoms with Gasteiger partial charge in [-0.15, -0.1) is 0 Å². The maximum Gasteiger partial charge on any atom is 0.119 e. The predicted molar refractivity (Wildman–Crippen MR) is 79.5 cm³/mol. The number of ether oxygens (including phenoxy) is 1. The van der Waals surface area contributed by atoms with Gasteiger partial charge >= 0.3 is 0 Å². The van der Waals surface area contributed by atoms with E-state index in [4.69, 9.17) is 4.74 Å². The molecule has 3 nitrogen and oxygen atoms in total. The molecule has 0 saturated carbocycles. The van der Waals surface area contributed by atoms with Crippen molar-refractivity contribution in [2.75, 3.05) is 13.2 Å². The second-order valence-electron chi connectivity index (χ2n) is 5.47. The minimum absolute atomic E-state index is 0.236. The van der Waals surface area contributed by atoms with Crippen molar-refractivity contribution in [3.63, 3.8) is 0 Å². The number of hydrogen-bond donors (Lipinski definition) is 2. The first kappa shape index (κ1) is 16.0. The molecule has 0 aliphatic heterocycles. The SMILES string of the molecule is CCC(O)CNC(C)c1ccc(OCC(C)C)cc1. The zero-order valence-electron chi connectivity index (χ0n) is 12.5. The maximum atomic E-state index is 9.54. The lowest BCUT2D eigenvalue weighted by Crippen LogP contribution is -2.28. The van der Waals surface area contributed by atoms with Gasteiger partial charge in [0.25, 0.3) is 0 Å². The molecule has 0 heterocycles. The first-order valence-corrected chi connectivity index (χ1v) is 7.17. The van der Waals surface area contributed by atoms with Crippen LogP contribution in [0.5, 0.6) is 5.75 Å². The zero-order valence-corrected chi connectivity index (χ0v) is 12.5. The quantitative estimate of drug-likeness (QED) is 0.758. The predicted octanol–water partition coefficient (Wildman–Crippen LogP) is 3.14.